The van der Waals surface area contributed by atoms with Crippen LogP contribution in [0.2, 0.25) is 0 Å². The third kappa shape index (κ3) is 3.92. The van der Waals surface area contributed by atoms with Gasteiger partial charge in [-0.1, -0.05) is 17.3 Å². The van der Waals surface area contributed by atoms with Gasteiger partial charge in [-0.15, -0.1) is 0 Å². The summed E-state index contributed by atoms with van der Waals surface area (Å²) in [6.07, 6.45) is 2.20. The number of rotatable bonds is 6. The zero-order valence-electron chi connectivity index (χ0n) is 12.9. The molecule has 0 aliphatic heterocycles. The number of carbonyl (C=O) groups is 1. The van der Waals surface area contributed by atoms with E-state index in [2.05, 4.69) is 20.4 Å². The average Bonchev–Trinajstić information content (AvgIpc) is 3.21. The van der Waals surface area contributed by atoms with E-state index in [-0.39, 0.29) is 5.91 Å². The molecule has 1 aliphatic rings. The van der Waals surface area contributed by atoms with E-state index in [0.29, 0.717) is 29.9 Å². The summed E-state index contributed by atoms with van der Waals surface area (Å²) in [6.45, 7) is 3.16. The van der Waals surface area contributed by atoms with Crippen molar-refractivity contribution in [2.45, 2.75) is 38.9 Å². The molecule has 1 fully saturated rings. The molecule has 1 aromatic heterocycles. The summed E-state index contributed by atoms with van der Waals surface area (Å²) in [5, 5.41) is 6.77. The molecule has 6 heteroatoms. The van der Waals surface area contributed by atoms with E-state index in [4.69, 9.17) is 4.52 Å². The molecule has 1 aromatic carbocycles. The van der Waals surface area contributed by atoms with Crippen LogP contribution in [0.5, 0.6) is 0 Å². The number of aromatic nitrogens is 2. The molecular weight excluding hydrogens is 280 g/mol. The van der Waals surface area contributed by atoms with Gasteiger partial charge in [0.1, 0.15) is 0 Å². The first-order chi connectivity index (χ1) is 10.6. The van der Waals surface area contributed by atoms with Crippen LogP contribution in [-0.4, -0.2) is 34.0 Å². The van der Waals surface area contributed by atoms with E-state index >= 15 is 0 Å². The van der Waals surface area contributed by atoms with Crippen molar-refractivity contribution in [3.8, 4) is 0 Å². The normalized spacial score (nSPS) is 14.3. The second-order valence-corrected chi connectivity index (χ2v) is 5.85. The lowest BCUT2D eigenvalue weighted by Gasteiger charge is -2.14. The lowest BCUT2D eigenvalue weighted by Crippen LogP contribution is -2.25. The smallest absolute Gasteiger partial charge is 0.251 e. The van der Waals surface area contributed by atoms with Crippen molar-refractivity contribution in [1.82, 2.24) is 20.4 Å². The number of benzene rings is 1. The van der Waals surface area contributed by atoms with Gasteiger partial charge in [0.2, 0.25) is 5.89 Å². The monoisotopic (exact) mass is 300 g/mol. The highest BCUT2D eigenvalue weighted by Gasteiger charge is 2.23. The molecular formula is C16H20N4O2. The average molecular weight is 300 g/mol. The molecule has 0 unspecified atom stereocenters. The van der Waals surface area contributed by atoms with Crippen LogP contribution >= 0.6 is 0 Å². The van der Waals surface area contributed by atoms with Gasteiger partial charge in [-0.25, -0.2) is 0 Å². The van der Waals surface area contributed by atoms with Crippen LogP contribution in [0.4, 0.5) is 0 Å². The van der Waals surface area contributed by atoms with E-state index in [1.165, 1.54) is 0 Å². The summed E-state index contributed by atoms with van der Waals surface area (Å²) in [6, 6.07) is 8.10. The number of aryl methyl sites for hydroxylation is 1. The Morgan fingerprint density at radius 1 is 1.32 bits per heavy atom. The van der Waals surface area contributed by atoms with Gasteiger partial charge in [0.25, 0.3) is 5.91 Å². The fraction of sp³-hybridized carbons (Fsp3) is 0.438. The standard InChI is InChI=1S/C16H20N4O2/c1-11-17-15(22-19-11)10-20(2)9-12-3-5-13(6-4-12)16(21)18-14-7-8-14/h3-6,14H,7-10H2,1-2H3,(H,18,21). The zero-order chi connectivity index (χ0) is 15.5. The van der Waals surface area contributed by atoms with Crippen molar-refractivity contribution in [2.24, 2.45) is 0 Å². The summed E-state index contributed by atoms with van der Waals surface area (Å²) in [5.74, 6) is 1.28. The van der Waals surface area contributed by atoms with Crippen LogP contribution in [0.25, 0.3) is 0 Å². The highest BCUT2D eigenvalue weighted by atomic mass is 16.5. The largest absolute Gasteiger partial charge is 0.349 e. The van der Waals surface area contributed by atoms with Crippen LogP contribution in [-0.2, 0) is 13.1 Å². The van der Waals surface area contributed by atoms with Gasteiger partial charge < -0.3 is 9.84 Å². The Kier molecular flexibility index (Phi) is 4.20. The number of hydrogen-bond acceptors (Lipinski definition) is 5. The Morgan fingerprint density at radius 2 is 2.05 bits per heavy atom. The van der Waals surface area contributed by atoms with E-state index in [1.54, 1.807) is 6.92 Å². The fourth-order valence-corrected chi connectivity index (χ4v) is 2.26. The molecule has 3 rings (SSSR count). The minimum Gasteiger partial charge on any atom is -0.349 e. The summed E-state index contributed by atoms with van der Waals surface area (Å²) >= 11 is 0. The Hall–Kier alpha value is -2.21. The molecule has 0 spiro atoms. The highest BCUT2D eigenvalue weighted by molar-refractivity contribution is 5.94. The van der Waals surface area contributed by atoms with Crippen molar-refractivity contribution in [2.75, 3.05) is 7.05 Å². The molecule has 1 heterocycles. The SMILES string of the molecule is Cc1noc(CN(C)Cc2ccc(C(=O)NC3CC3)cc2)n1. The minimum atomic E-state index is 0.0174. The molecule has 22 heavy (non-hydrogen) atoms. The van der Waals surface area contributed by atoms with Crippen molar-refractivity contribution < 1.29 is 9.32 Å². The van der Waals surface area contributed by atoms with E-state index < -0.39 is 0 Å². The topological polar surface area (TPSA) is 71.3 Å². The Bertz CT molecular complexity index is 646. The molecule has 0 bridgehead atoms. The minimum absolute atomic E-state index is 0.0174. The number of nitrogens with one attached hydrogen (secondary N) is 1. The summed E-state index contributed by atoms with van der Waals surface area (Å²) in [4.78, 5) is 18.2. The Morgan fingerprint density at radius 3 is 2.64 bits per heavy atom. The lowest BCUT2D eigenvalue weighted by atomic mass is 10.1. The van der Waals surface area contributed by atoms with Gasteiger partial charge >= 0.3 is 0 Å². The Labute approximate surface area is 129 Å². The van der Waals surface area contributed by atoms with Gasteiger partial charge in [-0.05, 0) is 44.5 Å². The first kappa shape index (κ1) is 14.7. The quantitative estimate of drug-likeness (QED) is 0.882. The number of amides is 1. The third-order valence-electron chi connectivity index (χ3n) is 3.56. The van der Waals surface area contributed by atoms with Crippen LogP contribution in [0.1, 0.15) is 40.5 Å². The zero-order valence-corrected chi connectivity index (χ0v) is 12.9. The molecule has 1 amide bonds. The molecule has 0 atom stereocenters. The molecule has 0 radical (unpaired) electrons. The third-order valence-corrected chi connectivity index (χ3v) is 3.56. The summed E-state index contributed by atoms with van der Waals surface area (Å²) < 4.78 is 5.11. The van der Waals surface area contributed by atoms with Crippen LogP contribution < -0.4 is 5.32 Å². The predicted molar refractivity (Wildman–Crippen MR) is 81.1 cm³/mol. The predicted octanol–water partition coefficient (Wildman–Crippen LogP) is 1.90. The molecule has 116 valence electrons. The summed E-state index contributed by atoms with van der Waals surface area (Å²) in [7, 11) is 1.99. The van der Waals surface area contributed by atoms with Gasteiger partial charge in [-0.2, -0.15) is 4.98 Å². The Balaban J connectivity index is 1.54. The molecule has 1 aliphatic carbocycles. The number of carbonyl (C=O) groups excluding carboxylic acids is 1. The number of nitrogens with zero attached hydrogens (tertiary/aromatic N) is 3. The first-order valence-electron chi connectivity index (χ1n) is 7.47. The molecule has 1 saturated carbocycles. The van der Waals surface area contributed by atoms with E-state index in [9.17, 15) is 4.79 Å². The van der Waals surface area contributed by atoms with Crippen molar-refractivity contribution in [3.63, 3.8) is 0 Å². The molecule has 6 nitrogen and oxygen atoms in total. The fourth-order valence-electron chi connectivity index (χ4n) is 2.26. The number of hydrogen-bond donors (Lipinski definition) is 1. The maximum atomic E-state index is 11.9. The van der Waals surface area contributed by atoms with Crippen LogP contribution in [0.15, 0.2) is 28.8 Å². The van der Waals surface area contributed by atoms with E-state index in [1.807, 2.05) is 31.3 Å². The molecule has 2 aromatic rings. The van der Waals surface area contributed by atoms with Crippen molar-refractivity contribution in [1.29, 1.82) is 0 Å². The maximum Gasteiger partial charge on any atom is 0.251 e. The second-order valence-electron chi connectivity index (χ2n) is 5.85. The van der Waals surface area contributed by atoms with E-state index in [0.717, 1.165) is 24.9 Å². The lowest BCUT2D eigenvalue weighted by molar-refractivity contribution is 0.0951. The van der Waals surface area contributed by atoms with Crippen LogP contribution in [0, 0.1) is 6.92 Å². The van der Waals surface area contributed by atoms with Gasteiger partial charge in [0, 0.05) is 18.2 Å². The highest BCUT2D eigenvalue weighted by Crippen LogP contribution is 2.19. The molecule has 0 saturated heterocycles. The van der Waals surface area contributed by atoms with Gasteiger partial charge in [0.05, 0.1) is 6.54 Å². The van der Waals surface area contributed by atoms with Crippen molar-refractivity contribution in [3.05, 3.63) is 47.1 Å². The van der Waals surface area contributed by atoms with Crippen molar-refractivity contribution >= 4 is 5.91 Å². The maximum absolute atomic E-state index is 11.9. The second kappa shape index (κ2) is 6.27. The van der Waals surface area contributed by atoms with Gasteiger partial charge in [-0.3, -0.25) is 9.69 Å². The molecule has 1 N–H and O–H groups in total. The van der Waals surface area contributed by atoms with Gasteiger partial charge in [0.15, 0.2) is 5.82 Å². The van der Waals surface area contributed by atoms with Crippen LogP contribution in [0.3, 0.4) is 0 Å². The summed E-state index contributed by atoms with van der Waals surface area (Å²) in [5.41, 5.74) is 1.85. The first-order valence-corrected chi connectivity index (χ1v) is 7.47.